The normalized spacial score (nSPS) is 13.4. The molecule has 258 valence electrons. The zero-order valence-electron chi connectivity index (χ0n) is 26.0. The molecule has 1 heterocycles. The fraction of sp³-hybridized carbons (Fsp3) is 0.355. The minimum atomic E-state index is -1.57. The first-order valence-electron chi connectivity index (χ1n) is 15.0. The molecule has 4 atom stereocenters. The molecular formula is C31H41N9O8. The van der Waals surface area contributed by atoms with E-state index in [9.17, 15) is 39.3 Å². The maximum Gasteiger partial charge on any atom is 0.326 e. The minimum Gasteiger partial charge on any atom is -0.508 e. The van der Waals surface area contributed by atoms with E-state index in [-0.39, 0.29) is 43.9 Å². The standard InChI is InChI=1S/C31H41N9O8/c32-21(13-18-14-36-22-5-2-1-4-20(18)22)27(44)37-15-26(43)38-23(6-3-11-35-31(33)34)28(45)40-25(16-41)29(46)39-24(30(47)48)12-17-7-9-19(42)10-8-17/h1-2,4-5,7-10,14,21,23-25,36,41-42H,3,6,11-13,15-16,32H2,(H,37,44)(H,38,43)(H,39,46)(H,40,45)(H,47,48)(H4,33,34,35)/t21-,23-,24-,25-/m0/s1. The highest BCUT2D eigenvalue weighted by atomic mass is 16.4. The van der Waals surface area contributed by atoms with E-state index in [1.807, 2.05) is 24.3 Å². The van der Waals surface area contributed by atoms with Gasteiger partial charge in [0, 0.05) is 30.1 Å². The molecule has 0 unspecified atom stereocenters. The van der Waals surface area contributed by atoms with Gasteiger partial charge in [-0.1, -0.05) is 30.3 Å². The Labute approximate surface area is 275 Å². The van der Waals surface area contributed by atoms with Gasteiger partial charge in [0.25, 0.3) is 0 Å². The summed E-state index contributed by atoms with van der Waals surface area (Å²) in [7, 11) is 0. The predicted molar refractivity (Wildman–Crippen MR) is 175 cm³/mol. The molecule has 3 rings (SSSR count). The van der Waals surface area contributed by atoms with Crippen LogP contribution >= 0.6 is 0 Å². The van der Waals surface area contributed by atoms with Crippen molar-refractivity contribution in [2.24, 2.45) is 22.2 Å². The van der Waals surface area contributed by atoms with Gasteiger partial charge in [0.15, 0.2) is 5.96 Å². The summed E-state index contributed by atoms with van der Waals surface area (Å²) in [5, 5.41) is 39.4. The molecule has 0 aliphatic heterocycles. The Kier molecular flexibility index (Phi) is 13.7. The van der Waals surface area contributed by atoms with Crippen molar-refractivity contribution >= 4 is 46.5 Å². The third-order valence-electron chi connectivity index (χ3n) is 7.28. The Hall–Kier alpha value is -5.68. The molecule has 0 radical (unpaired) electrons. The fourth-order valence-electron chi connectivity index (χ4n) is 4.75. The number of guanidine groups is 1. The molecule has 14 N–H and O–H groups in total. The molecule has 1 aromatic heterocycles. The molecule has 0 spiro atoms. The number of phenols is 1. The average Bonchev–Trinajstić information content (AvgIpc) is 3.46. The number of amides is 4. The molecule has 4 amide bonds. The number of aliphatic imine (C=N–C) groups is 1. The van der Waals surface area contributed by atoms with Crippen LogP contribution in [0.5, 0.6) is 5.75 Å². The number of phenolic OH excluding ortho intramolecular Hbond substituents is 1. The number of aromatic hydroxyl groups is 1. The number of aliphatic hydroxyl groups excluding tert-OH is 1. The van der Waals surface area contributed by atoms with Gasteiger partial charge in [-0.05, 0) is 48.6 Å². The number of aliphatic carboxylic acids is 1. The Bertz CT molecular complexity index is 1600. The third kappa shape index (κ3) is 11.3. The van der Waals surface area contributed by atoms with Crippen LogP contribution in [0.1, 0.15) is 24.0 Å². The molecule has 17 nitrogen and oxygen atoms in total. The lowest BCUT2D eigenvalue weighted by atomic mass is 10.0. The highest BCUT2D eigenvalue weighted by Gasteiger charge is 2.29. The minimum absolute atomic E-state index is 0.000742. The second-order valence-corrected chi connectivity index (χ2v) is 11.0. The lowest BCUT2D eigenvalue weighted by Gasteiger charge is -2.23. The van der Waals surface area contributed by atoms with Crippen molar-refractivity contribution < 1.29 is 39.3 Å². The number of hydrogen-bond acceptors (Lipinski definition) is 9. The van der Waals surface area contributed by atoms with Gasteiger partial charge in [-0.2, -0.15) is 0 Å². The number of nitrogens with two attached hydrogens (primary N) is 3. The number of aromatic amines is 1. The average molecular weight is 668 g/mol. The van der Waals surface area contributed by atoms with E-state index in [1.165, 1.54) is 24.3 Å². The van der Waals surface area contributed by atoms with E-state index in [0.717, 1.165) is 16.5 Å². The number of rotatable bonds is 18. The number of carbonyl (C=O) groups is 5. The number of carboxylic acids is 1. The van der Waals surface area contributed by atoms with Gasteiger partial charge >= 0.3 is 5.97 Å². The second-order valence-electron chi connectivity index (χ2n) is 11.0. The van der Waals surface area contributed by atoms with Crippen molar-refractivity contribution in [3.63, 3.8) is 0 Å². The van der Waals surface area contributed by atoms with Gasteiger partial charge < -0.3 is 58.8 Å². The number of nitrogens with zero attached hydrogens (tertiary/aromatic N) is 1. The zero-order chi connectivity index (χ0) is 35.2. The van der Waals surface area contributed by atoms with Crippen molar-refractivity contribution in [1.29, 1.82) is 0 Å². The number of H-pyrrole nitrogens is 1. The van der Waals surface area contributed by atoms with Crippen molar-refractivity contribution in [2.45, 2.75) is 49.9 Å². The van der Waals surface area contributed by atoms with E-state index in [1.54, 1.807) is 6.20 Å². The number of carboxylic acid groups (broad SMARTS) is 1. The number of benzene rings is 2. The van der Waals surface area contributed by atoms with Crippen LogP contribution in [-0.2, 0) is 36.8 Å². The monoisotopic (exact) mass is 667 g/mol. The maximum atomic E-state index is 13.2. The Morgan fingerprint density at radius 1 is 0.854 bits per heavy atom. The van der Waals surface area contributed by atoms with E-state index >= 15 is 0 Å². The smallest absolute Gasteiger partial charge is 0.326 e. The number of fused-ring (bicyclic) bond motifs is 1. The Balaban J connectivity index is 1.59. The molecular weight excluding hydrogens is 626 g/mol. The molecule has 17 heteroatoms. The number of aliphatic hydroxyl groups is 1. The van der Waals surface area contributed by atoms with Gasteiger partial charge in [0.2, 0.25) is 23.6 Å². The van der Waals surface area contributed by atoms with E-state index in [2.05, 4.69) is 31.2 Å². The highest BCUT2D eigenvalue weighted by Crippen LogP contribution is 2.18. The van der Waals surface area contributed by atoms with Gasteiger partial charge in [0.1, 0.15) is 23.9 Å². The Morgan fingerprint density at radius 2 is 1.52 bits per heavy atom. The SMILES string of the molecule is NC(N)=NCCC[C@H](NC(=O)CNC(=O)[C@@H](N)Cc1c[nH]c2ccccc12)C(=O)N[C@@H](CO)C(=O)N[C@@H](Cc1ccc(O)cc1)C(=O)O. The van der Waals surface area contributed by atoms with Gasteiger partial charge in [-0.25, -0.2) is 4.79 Å². The van der Waals surface area contributed by atoms with Crippen LogP contribution in [0.2, 0.25) is 0 Å². The van der Waals surface area contributed by atoms with Crippen molar-refractivity contribution in [3.8, 4) is 5.75 Å². The van der Waals surface area contributed by atoms with Crippen molar-refractivity contribution in [1.82, 2.24) is 26.3 Å². The van der Waals surface area contributed by atoms with E-state index in [4.69, 9.17) is 17.2 Å². The first-order chi connectivity index (χ1) is 22.9. The van der Waals surface area contributed by atoms with E-state index in [0.29, 0.717) is 5.56 Å². The summed E-state index contributed by atoms with van der Waals surface area (Å²) in [5.74, 6) is -4.76. The third-order valence-corrected chi connectivity index (χ3v) is 7.28. The number of nitrogens with one attached hydrogen (secondary N) is 5. The van der Waals surface area contributed by atoms with Gasteiger partial charge in [-0.3, -0.25) is 24.2 Å². The van der Waals surface area contributed by atoms with Crippen LogP contribution in [0.3, 0.4) is 0 Å². The molecule has 3 aromatic rings. The number of hydrogen-bond donors (Lipinski definition) is 11. The summed E-state index contributed by atoms with van der Waals surface area (Å²) < 4.78 is 0. The molecule has 0 saturated carbocycles. The van der Waals surface area contributed by atoms with Crippen LogP contribution in [0, 0.1) is 0 Å². The largest absolute Gasteiger partial charge is 0.508 e. The topological polar surface area (TPSA) is 300 Å². The number of aromatic nitrogens is 1. The predicted octanol–water partition coefficient (Wildman–Crippen LogP) is -2.31. The van der Waals surface area contributed by atoms with Crippen LogP contribution in [0.25, 0.3) is 10.9 Å². The first-order valence-corrected chi connectivity index (χ1v) is 15.0. The molecule has 0 aliphatic carbocycles. The molecule has 0 aliphatic rings. The quantitative estimate of drug-likeness (QED) is 0.0389. The van der Waals surface area contributed by atoms with Crippen molar-refractivity contribution in [3.05, 3.63) is 65.9 Å². The summed E-state index contributed by atoms with van der Waals surface area (Å²) in [6.45, 7) is -1.29. The second kappa shape index (κ2) is 17.9. The maximum absolute atomic E-state index is 13.2. The molecule has 0 bridgehead atoms. The zero-order valence-corrected chi connectivity index (χ0v) is 26.0. The van der Waals surface area contributed by atoms with Gasteiger partial charge in [-0.15, -0.1) is 0 Å². The Morgan fingerprint density at radius 3 is 2.19 bits per heavy atom. The van der Waals surface area contributed by atoms with Crippen LogP contribution in [-0.4, -0.2) is 99.7 Å². The molecule has 0 saturated heterocycles. The summed E-state index contributed by atoms with van der Waals surface area (Å²) in [6, 6.07) is 7.99. The summed E-state index contributed by atoms with van der Waals surface area (Å²) in [6.07, 6.45) is 2.04. The lowest BCUT2D eigenvalue weighted by molar-refractivity contribution is -0.142. The van der Waals surface area contributed by atoms with Crippen LogP contribution in [0.15, 0.2) is 59.7 Å². The van der Waals surface area contributed by atoms with E-state index < -0.39 is 66.9 Å². The summed E-state index contributed by atoms with van der Waals surface area (Å²) in [5.41, 5.74) is 19.0. The van der Waals surface area contributed by atoms with Crippen molar-refractivity contribution in [2.75, 3.05) is 19.7 Å². The summed E-state index contributed by atoms with van der Waals surface area (Å²) >= 11 is 0. The lowest BCUT2D eigenvalue weighted by Crippen LogP contribution is -2.58. The molecule has 0 fully saturated rings. The fourth-order valence-corrected chi connectivity index (χ4v) is 4.75. The highest BCUT2D eigenvalue weighted by molar-refractivity contribution is 5.94. The van der Waals surface area contributed by atoms with Crippen LogP contribution in [0.4, 0.5) is 0 Å². The van der Waals surface area contributed by atoms with Crippen LogP contribution < -0.4 is 38.5 Å². The summed E-state index contributed by atoms with van der Waals surface area (Å²) in [4.78, 5) is 70.3. The number of para-hydroxylation sites is 1. The molecule has 2 aromatic carbocycles. The first kappa shape index (κ1) is 36.8. The number of carbonyl (C=O) groups excluding carboxylic acids is 4. The molecule has 48 heavy (non-hydrogen) atoms. The van der Waals surface area contributed by atoms with Gasteiger partial charge in [0.05, 0.1) is 19.2 Å².